The van der Waals surface area contributed by atoms with Gasteiger partial charge in [0.25, 0.3) is 5.69 Å². The number of para-hydroxylation sites is 1. The Bertz CT molecular complexity index is 592. The molecule has 0 aliphatic heterocycles. The highest BCUT2D eigenvalue weighted by atomic mass is 16.6. The van der Waals surface area contributed by atoms with E-state index >= 15 is 0 Å². The monoisotopic (exact) mass is 260 g/mol. The Morgan fingerprint density at radius 3 is 2.84 bits per heavy atom. The molecule has 0 atom stereocenters. The molecule has 100 valence electrons. The molecule has 19 heavy (non-hydrogen) atoms. The van der Waals surface area contributed by atoms with Gasteiger partial charge in [0.1, 0.15) is 5.69 Å². The van der Waals surface area contributed by atoms with Gasteiger partial charge in [-0.05, 0) is 25.5 Å². The van der Waals surface area contributed by atoms with Crippen LogP contribution in [0.15, 0.2) is 30.5 Å². The lowest BCUT2D eigenvalue weighted by molar-refractivity contribution is -0.384. The summed E-state index contributed by atoms with van der Waals surface area (Å²) in [4.78, 5) is 10.6. The van der Waals surface area contributed by atoms with Gasteiger partial charge in [-0.15, -0.1) is 0 Å². The summed E-state index contributed by atoms with van der Waals surface area (Å²) in [7, 11) is 0. The molecular weight excluding hydrogens is 244 g/mol. The van der Waals surface area contributed by atoms with Crippen LogP contribution in [0.25, 0.3) is 0 Å². The predicted octanol–water partition coefficient (Wildman–Crippen LogP) is 2.73. The molecule has 0 saturated carbocycles. The van der Waals surface area contributed by atoms with Gasteiger partial charge in [-0.1, -0.05) is 12.1 Å². The Morgan fingerprint density at radius 2 is 2.21 bits per heavy atom. The molecule has 1 heterocycles. The standard InChI is InChI=1S/C13H16N4O2/c1-3-16-8-7-11(15-16)9-14-13-10(2)5-4-6-12(13)17(18)19/h4-8,14H,3,9H2,1-2H3. The average Bonchev–Trinajstić information content (AvgIpc) is 2.85. The van der Waals surface area contributed by atoms with E-state index in [1.807, 2.05) is 36.9 Å². The minimum atomic E-state index is -0.375. The molecule has 1 aromatic carbocycles. The number of anilines is 1. The zero-order valence-electron chi connectivity index (χ0n) is 11.0. The number of hydrogen-bond acceptors (Lipinski definition) is 4. The molecule has 0 bridgehead atoms. The third-order valence-electron chi connectivity index (χ3n) is 2.91. The molecule has 0 aliphatic carbocycles. The first-order chi connectivity index (χ1) is 9.11. The first-order valence-electron chi connectivity index (χ1n) is 6.12. The largest absolute Gasteiger partial charge is 0.374 e. The molecule has 0 spiro atoms. The van der Waals surface area contributed by atoms with Crippen LogP contribution in [0, 0.1) is 17.0 Å². The van der Waals surface area contributed by atoms with E-state index in [0.717, 1.165) is 17.8 Å². The van der Waals surface area contributed by atoms with E-state index in [1.165, 1.54) is 6.07 Å². The van der Waals surface area contributed by atoms with Gasteiger partial charge in [0, 0.05) is 18.8 Å². The molecule has 0 radical (unpaired) electrons. The van der Waals surface area contributed by atoms with Crippen molar-refractivity contribution in [3.8, 4) is 0 Å². The van der Waals surface area contributed by atoms with Crippen molar-refractivity contribution in [2.45, 2.75) is 26.9 Å². The number of rotatable bonds is 5. The van der Waals surface area contributed by atoms with Crippen LogP contribution >= 0.6 is 0 Å². The highest BCUT2D eigenvalue weighted by Crippen LogP contribution is 2.27. The van der Waals surface area contributed by atoms with E-state index < -0.39 is 0 Å². The SMILES string of the molecule is CCn1ccc(CNc2c(C)cccc2[N+](=O)[O-])n1. The summed E-state index contributed by atoms with van der Waals surface area (Å²) in [5, 5.41) is 18.4. The molecule has 2 aromatic rings. The van der Waals surface area contributed by atoms with Crippen LogP contribution in [0.1, 0.15) is 18.2 Å². The summed E-state index contributed by atoms with van der Waals surface area (Å²) < 4.78 is 1.82. The van der Waals surface area contributed by atoms with Crippen molar-refractivity contribution in [1.82, 2.24) is 9.78 Å². The maximum atomic E-state index is 11.0. The molecule has 0 unspecified atom stereocenters. The second-order valence-corrected chi connectivity index (χ2v) is 4.24. The minimum absolute atomic E-state index is 0.0925. The molecule has 6 nitrogen and oxygen atoms in total. The Labute approximate surface area is 111 Å². The number of nitro benzene ring substituents is 1. The van der Waals surface area contributed by atoms with Gasteiger partial charge in [0.05, 0.1) is 17.2 Å². The van der Waals surface area contributed by atoms with Crippen LogP contribution in [0.2, 0.25) is 0 Å². The van der Waals surface area contributed by atoms with Gasteiger partial charge < -0.3 is 5.32 Å². The highest BCUT2D eigenvalue weighted by Gasteiger charge is 2.15. The summed E-state index contributed by atoms with van der Waals surface area (Å²) in [5.74, 6) is 0. The molecule has 6 heteroatoms. The topological polar surface area (TPSA) is 73.0 Å². The van der Waals surface area contributed by atoms with Crippen LogP contribution in [0.3, 0.4) is 0 Å². The van der Waals surface area contributed by atoms with Crippen LogP contribution in [-0.4, -0.2) is 14.7 Å². The van der Waals surface area contributed by atoms with Gasteiger partial charge in [-0.25, -0.2) is 0 Å². The minimum Gasteiger partial charge on any atom is -0.374 e. The second kappa shape index (κ2) is 5.51. The van der Waals surface area contributed by atoms with Crippen LogP contribution in [0.5, 0.6) is 0 Å². The zero-order valence-corrected chi connectivity index (χ0v) is 11.0. The van der Waals surface area contributed by atoms with Crippen LogP contribution in [-0.2, 0) is 13.1 Å². The number of nitrogens with one attached hydrogen (secondary N) is 1. The molecule has 0 aliphatic rings. The number of nitrogens with zero attached hydrogens (tertiary/aromatic N) is 3. The maximum Gasteiger partial charge on any atom is 0.292 e. The van der Waals surface area contributed by atoms with Crippen molar-refractivity contribution in [3.05, 3.63) is 51.8 Å². The Balaban J connectivity index is 2.17. The van der Waals surface area contributed by atoms with Crippen molar-refractivity contribution in [2.24, 2.45) is 0 Å². The number of benzene rings is 1. The van der Waals surface area contributed by atoms with Gasteiger partial charge in [0.15, 0.2) is 0 Å². The first-order valence-corrected chi connectivity index (χ1v) is 6.12. The van der Waals surface area contributed by atoms with Gasteiger partial charge >= 0.3 is 0 Å². The van der Waals surface area contributed by atoms with Crippen LogP contribution in [0.4, 0.5) is 11.4 Å². The molecular formula is C13H16N4O2. The number of nitro groups is 1. The summed E-state index contributed by atoms with van der Waals surface area (Å²) in [5.41, 5.74) is 2.36. The lowest BCUT2D eigenvalue weighted by Crippen LogP contribution is -2.05. The molecule has 0 amide bonds. The van der Waals surface area contributed by atoms with E-state index in [9.17, 15) is 10.1 Å². The van der Waals surface area contributed by atoms with Crippen molar-refractivity contribution < 1.29 is 4.92 Å². The zero-order chi connectivity index (χ0) is 13.8. The lowest BCUT2D eigenvalue weighted by Gasteiger charge is -2.08. The third kappa shape index (κ3) is 2.90. The van der Waals surface area contributed by atoms with Crippen molar-refractivity contribution in [3.63, 3.8) is 0 Å². The summed E-state index contributed by atoms with van der Waals surface area (Å²) in [6.07, 6.45) is 1.89. The van der Waals surface area contributed by atoms with Gasteiger partial charge in [0.2, 0.25) is 0 Å². The highest BCUT2D eigenvalue weighted by molar-refractivity contribution is 5.65. The van der Waals surface area contributed by atoms with Crippen LogP contribution < -0.4 is 5.32 Å². The van der Waals surface area contributed by atoms with E-state index in [4.69, 9.17) is 0 Å². The Kier molecular flexibility index (Phi) is 3.79. The maximum absolute atomic E-state index is 11.0. The van der Waals surface area contributed by atoms with Crippen molar-refractivity contribution in [2.75, 3.05) is 5.32 Å². The second-order valence-electron chi connectivity index (χ2n) is 4.24. The molecule has 0 saturated heterocycles. The number of aromatic nitrogens is 2. The number of aryl methyl sites for hydroxylation is 2. The summed E-state index contributed by atoms with van der Waals surface area (Å²) in [6, 6.07) is 6.94. The van der Waals surface area contributed by atoms with Crippen molar-refractivity contribution >= 4 is 11.4 Å². The summed E-state index contributed by atoms with van der Waals surface area (Å²) in [6.45, 7) is 5.14. The van der Waals surface area contributed by atoms with Gasteiger partial charge in [-0.2, -0.15) is 5.10 Å². The quantitative estimate of drug-likeness (QED) is 0.662. The Morgan fingerprint density at radius 1 is 1.42 bits per heavy atom. The first kappa shape index (κ1) is 13.1. The molecule has 2 rings (SSSR count). The van der Waals surface area contributed by atoms with Crippen molar-refractivity contribution in [1.29, 1.82) is 0 Å². The third-order valence-corrected chi connectivity index (χ3v) is 2.91. The van der Waals surface area contributed by atoms with E-state index in [1.54, 1.807) is 6.07 Å². The van der Waals surface area contributed by atoms with Gasteiger partial charge in [-0.3, -0.25) is 14.8 Å². The van der Waals surface area contributed by atoms with E-state index in [-0.39, 0.29) is 10.6 Å². The molecule has 1 N–H and O–H groups in total. The fourth-order valence-electron chi connectivity index (χ4n) is 1.89. The Hall–Kier alpha value is -2.37. The normalized spacial score (nSPS) is 10.4. The fraction of sp³-hybridized carbons (Fsp3) is 0.308. The fourth-order valence-corrected chi connectivity index (χ4v) is 1.89. The number of hydrogen-bond donors (Lipinski definition) is 1. The smallest absolute Gasteiger partial charge is 0.292 e. The lowest BCUT2D eigenvalue weighted by atomic mass is 10.1. The average molecular weight is 260 g/mol. The molecule has 0 fully saturated rings. The van der Waals surface area contributed by atoms with E-state index in [0.29, 0.717) is 12.2 Å². The summed E-state index contributed by atoms with van der Waals surface area (Å²) >= 11 is 0. The molecule has 1 aromatic heterocycles. The van der Waals surface area contributed by atoms with E-state index in [2.05, 4.69) is 10.4 Å². The predicted molar refractivity (Wildman–Crippen MR) is 73.1 cm³/mol.